The molecule has 18 heavy (non-hydrogen) atoms. The zero-order chi connectivity index (χ0) is 13.0. The lowest BCUT2D eigenvalue weighted by molar-refractivity contribution is 0.489. The molecule has 0 spiro atoms. The van der Waals surface area contributed by atoms with Gasteiger partial charge in [0.15, 0.2) is 5.96 Å². The van der Waals surface area contributed by atoms with E-state index < -0.39 is 0 Å². The Hall–Kier alpha value is -1.98. The molecular weight excluding hydrogens is 228 g/mol. The lowest BCUT2D eigenvalue weighted by Gasteiger charge is -2.21. The van der Waals surface area contributed by atoms with E-state index in [1.807, 2.05) is 26.2 Å². The molecule has 2 heterocycles. The summed E-state index contributed by atoms with van der Waals surface area (Å²) in [7, 11) is 2.00. The summed E-state index contributed by atoms with van der Waals surface area (Å²) in [6.07, 6.45) is 2.87. The number of hydrogen-bond acceptors (Lipinski definition) is 5. The molecule has 2 rings (SSSR count). The van der Waals surface area contributed by atoms with Gasteiger partial charge in [-0.25, -0.2) is 4.99 Å². The van der Waals surface area contributed by atoms with Crippen LogP contribution in [0.4, 0.5) is 0 Å². The molecule has 1 aliphatic heterocycles. The average molecular weight is 248 g/mol. The summed E-state index contributed by atoms with van der Waals surface area (Å²) in [5.74, 6) is 1.22. The molecular formula is C12H20N6. The molecule has 0 saturated heterocycles. The molecule has 0 radical (unpaired) electrons. The minimum Gasteiger partial charge on any atom is -0.370 e. The summed E-state index contributed by atoms with van der Waals surface area (Å²) in [6.45, 7) is 3.53. The van der Waals surface area contributed by atoms with Gasteiger partial charge in [-0.3, -0.25) is 10.3 Å². The zero-order valence-corrected chi connectivity index (χ0v) is 10.8. The maximum atomic E-state index is 5.74. The molecule has 6 heteroatoms. The molecule has 98 valence electrons. The lowest BCUT2D eigenvalue weighted by atomic mass is 10.3. The Morgan fingerprint density at radius 1 is 1.56 bits per heavy atom. The molecule has 1 aliphatic rings. The second-order valence-corrected chi connectivity index (χ2v) is 4.52. The fourth-order valence-electron chi connectivity index (χ4n) is 1.78. The van der Waals surface area contributed by atoms with Gasteiger partial charge in [-0.2, -0.15) is 0 Å². The van der Waals surface area contributed by atoms with Gasteiger partial charge in [-0.1, -0.05) is 0 Å². The van der Waals surface area contributed by atoms with E-state index in [2.05, 4.69) is 31.3 Å². The second-order valence-electron chi connectivity index (χ2n) is 4.52. The van der Waals surface area contributed by atoms with Crippen LogP contribution >= 0.6 is 0 Å². The summed E-state index contributed by atoms with van der Waals surface area (Å²) in [6, 6.07) is 4.24. The molecule has 1 aromatic heterocycles. The van der Waals surface area contributed by atoms with Gasteiger partial charge in [0.05, 0.1) is 12.6 Å². The number of aromatic nitrogens is 1. The van der Waals surface area contributed by atoms with Gasteiger partial charge in [0.1, 0.15) is 0 Å². The van der Waals surface area contributed by atoms with Crippen LogP contribution in [0.3, 0.4) is 0 Å². The molecule has 1 unspecified atom stereocenters. The van der Waals surface area contributed by atoms with E-state index in [1.54, 1.807) is 0 Å². The normalized spacial score (nSPS) is 19.6. The van der Waals surface area contributed by atoms with Crippen LogP contribution in [0, 0.1) is 0 Å². The van der Waals surface area contributed by atoms with Crippen LogP contribution in [0.1, 0.15) is 12.6 Å². The van der Waals surface area contributed by atoms with Crippen molar-refractivity contribution in [2.45, 2.75) is 19.4 Å². The van der Waals surface area contributed by atoms with Gasteiger partial charge < -0.3 is 15.6 Å². The largest absolute Gasteiger partial charge is 0.370 e. The van der Waals surface area contributed by atoms with Crippen LogP contribution in [0.5, 0.6) is 0 Å². The van der Waals surface area contributed by atoms with Crippen LogP contribution in [-0.4, -0.2) is 48.0 Å². The number of nitrogens with zero attached hydrogens (tertiary/aromatic N) is 3. The van der Waals surface area contributed by atoms with E-state index in [0.717, 1.165) is 18.9 Å². The van der Waals surface area contributed by atoms with Gasteiger partial charge in [-0.05, 0) is 19.1 Å². The van der Waals surface area contributed by atoms with Gasteiger partial charge in [0.25, 0.3) is 0 Å². The third kappa shape index (κ3) is 3.26. The Morgan fingerprint density at radius 2 is 2.39 bits per heavy atom. The molecule has 0 amide bonds. The smallest absolute Gasteiger partial charge is 0.200 e. The molecule has 0 bridgehead atoms. The van der Waals surface area contributed by atoms with Crippen molar-refractivity contribution in [3.63, 3.8) is 0 Å². The maximum absolute atomic E-state index is 5.74. The Kier molecular flexibility index (Phi) is 3.86. The number of likely N-dealkylation sites (N-methyl/N-ethyl adjacent to an activating group) is 1. The molecule has 4 N–H and O–H groups in total. The molecule has 1 atom stereocenters. The Morgan fingerprint density at radius 3 is 3.11 bits per heavy atom. The van der Waals surface area contributed by atoms with Crippen molar-refractivity contribution in [3.8, 4) is 0 Å². The molecule has 1 aromatic rings. The first-order chi connectivity index (χ1) is 8.65. The number of guanidine groups is 2. The van der Waals surface area contributed by atoms with E-state index in [1.165, 1.54) is 5.69 Å². The summed E-state index contributed by atoms with van der Waals surface area (Å²) >= 11 is 0. The van der Waals surface area contributed by atoms with E-state index in [-0.39, 0.29) is 6.04 Å². The Bertz CT molecular complexity index is 433. The number of rotatable bonds is 3. The first kappa shape index (κ1) is 12.5. The van der Waals surface area contributed by atoms with Crippen molar-refractivity contribution in [3.05, 3.63) is 24.0 Å². The summed E-state index contributed by atoms with van der Waals surface area (Å²) in [4.78, 5) is 14.0. The highest BCUT2D eigenvalue weighted by atomic mass is 15.3. The minimum absolute atomic E-state index is 0.154. The summed E-state index contributed by atoms with van der Waals surface area (Å²) in [5.41, 5.74) is 6.95. The van der Waals surface area contributed by atoms with Crippen LogP contribution < -0.4 is 11.1 Å². The zero-order valence-electron chi connectivity index (χ0n) is 10.8. The number of hydrogen-bond donors (Lipinski definition) is 3. The van der Waals surface area contributed by atoms with E-state index in [4.69, 9.17) is 5.73 Å². The predicted octanol–water partition coefficient (Wildman–Crippen LogP) is 0.151. The fraction of sp³-hybridized carbons (Fsp3) is 0.500. The van der Waals surface area contributed by atoms with Gasteiger partial charge in [0, 0.05) is 31.9 Å². The fourth-order valence-corrected chi connectivity index (χ4v) is 1.78. The van der Waals surface area contributed by atoms with Crippen LogP contribution in [0.25, 0.3) is 0 Å². The second kappa shape index (κ2) is 5.57. The van der Waals surface area contributed by atoms with Crippen molar-refractivity contribution < 1.29 is 0 Å². The van der Waals surface area contributed by atoms with Gasteiger partial charge >= 0.3 is 0 Å². The van der Waals surface area contributed by atoms with Gasteiger partial charge in [0.2, 0.25) is 5.96 Å². The summed E-state index contributed by atoms with van der Waals surface area (Å²) < 4.78 is 0. The highest BCUT2D eigenvalue weighted by Crippen LogP contribution is 2.01. The SMILES string of the molecule is CC1CN=C(N)NC(N(C)CCc2ccc[nH]2)=N1. The number of nitrogens with one attached hydrogen (secondary N) is 2. The number of H-pyrrole nitrogens is 1. The number of nitrogens with two attached hydrogens (primary N) is 1. The molecule has 0 fully saturated rings. The minimum atomic E-state index is 0.154. The van der Waals surface area contributed by atoms with E-state index in [0.29, 0.717) is 12.5 Å². The molecule has 6 nitrogen and oxygen atoms in total. The monoisotopic (exact) mass is 248 g/mol. The average Bonchev–Trinajstić information content (AvgIpc) is 2.79. The number of aliphatic imine (C=N–C) groups is 2. The first-order valence-corrected chi connectivity index (χ1v) is 6.13. The van der Waals surface area contributed by atoms with Crippen LogP contribution in [-0.2, 0) is 6.42 Å². The predicted molar refractivity (Wildman–Crippen MR) is 73.6 cm³/mol. The number of aromatic amines is 1. The molecule has 0 aliphatic carbocycles. The van der Waals surface area contributed by atoms with E-state index in [9.17, 15) is 0 Å². The van der Waals surface area contributed by atoms with Crippen molar-refractivity contribution >= 4 is 11.9 Å². The Labute approximate surface area is 107 Å². The van der Waals surface area contributed by atoms with Gasteiger partial charge in [-0.15, -0.1) is 0 Å². The topological polar surface area (TPSA) is 81.8 Å². The highest BCUT2D eigenvalue weighted by molar-refractivity contribution is 5.98. The lowest BCUT2D eigenvalue weighted by Crippen LogP contribution is -2.45. The third-order valence-electron chi connectivity index (χ3n) is 2.85. The Balaban J connectivity index is 1.95. The van der Waals surface area contributed by atoms with Crippen LogP contribution in [0.2, 0.25) is 0 Å². The third-order valence-corrected chi connectivity index (χ3v) is 2.85. The first-order valence-electron chi connectivity index (χ1n) is 6.13. The maximum Gasteiger partial charge on any atom is 0.200 e. The quantitative estimate of drug-likeness (QED) is 0.712. The van der Waals surface area contributed by atoms with Crippen molar-refractivity contribution in [2.75, 3.05) is 20.1 Å². The molecule has 0 aromatic carbocycles. The van der Waals surface area contributed by atoms with Crippen LogP contribution in [0.15, 0.2) is 28.3 Å². The molecule has 0 saturated carbocycles. The van der Waals surface area contributed by atoms with Crippen molar-refractivity contribution in [2.24, 2.45) is 15.7 Å². The summed E-state index contributed by atoms with van der Waals surface area (Å²) in [5, 5.41) is 3.03. The van der Waals surface area contributed by atoms with Crippen molar-refractivity contribution in [1.29, 1.82) is 0 Å². The van der Waals surface area contributed by atoms with Crippen molar-refractivity contribution in [1.82, 2.24) is 15.2 Å². The highest BCUT2D eigenvalue weighted by Gasteiger charge is 2.13. The standard InChI is InChI=1S/C12H20N6/c1-9-8-15-11(13)17-12(16-9)18(2)7-5-10-4-3-6-14-10/h3-4,6,9,14H,5,7-8H2,1-2H3,(H3,13,15,16,17). The van der Waals surface area contributed by atoms with E-state index >= 15 is 0 Å².